The van der Waals surface area contributed by atoms with Gasteiger partial charge in [-0.3, -0.25) is 14.9 Å². The standard InChI is InChI=1S/C22H23N5O3/c28-22(23-16-18-6-1-2-7-19(18)26-13-5-12-24-26)17-10-14-25(15-11-17)20-8-3-4-9-21(20)27(29)30/h1-9,12-13,17H,10-11,14-16H2,(H,23,28). The molecule has 8 nitrogen and oxygen atoms in total. The van der Waals surface area contributed by atoms with Crippen LogP contribution in [0.1, 0.15) is 18.4 Å². The second-order valence-corrected chi connectivity index (χ2v) is 7.30. The van der Waals surface area contributed by atoms with Crippen LogP contribution in [-0.4, -0.2) is 33.7 Å². The van der Waals surface area contributed by atoms with Gasteiger partial charge in [0.25, 0.3) is 5.69 Å². The van der Waals surface area contributed by atoms with Crippen molar-refractivity contribution in [3.8, 4) is 5.69 Å². The highest BCUT2D eigenvalue weighted by Gasteiger charge is 2.28. The second-order valence-electron chi connectivity index (χ2n) is 7.30. The third-order valence-electron chi connectivity index (χ3n) is 5.48. The van der Waals surface area contributed by atoms with Crippen molar-refractivity contribution in [3.63, 3.8) is 0 Å². The van der Waals surface area contributed by atoms with Crippen LogP contribution in [0.25, 0.3) is 5.69 Å². The first-order valence-corrected chi connectivity index (χ1v) is 9.97. The Morgan fingerprint density at radius 2 is 1.77 bits per heavy atom. The largest absolute Gasteiger partial charge is 0.366 e. The summed E-state index contributed by atoms with van der Waals surface area (Å²) < 4.78 is 1.78. The Kier molecular flexibility index (Phi) is 5.74. The summed E-state index contributed by atoms with van der Waals surface area (Å²) in [5, 5.41) is 18.6. The van der Waals surface area contributed by atoms with Crippen molar-refractivity contribution in [2.45, 2.75) is 19.4 Å². The van der Waals surface area contributed by atoms with E-state index in [1.807, 2.05) is 41.4 Å². The van der Waals surface area contributed by atoms with Crippen molar-refractivity contribution in [1.82, 2.24) is 15.1 Å². The molecule has 0 aliphatic carbocycles. The van der Waals surface area contributed by atoms with Crippen LogP contribution in [0.4, 0.5) is 11.4 Å². The molecule has 2 aromatic carbocycles. The molecule has 2 heterocycles. The number of carbonyl (C=O) groups is 1. The van der Waals surface area contributed by atoms with E-state index in [9.17, 15) is 14.9 Å². The van der Waals surface area contributed by atoms with E-state index in [4.69, 9.17) is 0 Å². The van der Waals surface area contributed by atoms with E-state index < -0.39 is 0 Å². The number of rotatable bonds is 6. The lowest BCUT2D eigenvalue weighted by Crippen LogP contribution is -2.40. The van der Waals surface area contributed by atoms with E-state index in [2.05, 4.69) is 10.4 Å². The zero-order chi connectivity index (χ0) is 20.9. The number of aromatic nitrogens is 2. The normalized spacial score (nSPS) is 14.5. The summed E-state index contributed by atoms with van der Waals surface area (Å²) >= 11 is 0. The topological polar surface area (TPSA) is 93.3 Å². The third kappa shape index (κ3) is 4.17. The fourth-order valence-corrected chi connectivity index (χ4v) is 3.89. The monoisotopic (exact) mass is 405 g/mol. The average molecular weight is 405 g/mol. The smallest absolute Gasteiger partial charge is 0.292 e. The quantitative estimate of drug-likeness (QED) is 0.502. The molecule has 0 bridgehead atoms. The summed E-state index contributed by atoms with van der Waals surface area (Å²) in [4.78, 5) is 25.6. The predicted octanol–water partition coefficient (Wildman–Crippen LogP) is 3.31. The number of carbonyl (C=O) groups excluding carboxylic acids is 1. The SMILES string of the molecule is O=C(NCc1ccccc1-n1cccn1)C1CCN(c2ccccc2[N+](=O)[O-])CC1. The minimum absolute atomic E-state index is 0.0208. The molecule has 1 aliphatic heterocycles. The van der Waals surface area contributed by atoms with Gasteiger partial charge >= 0.3 is 0 Å². The van der Waals surface area contributed by atoms with E-state index in [0.717, 1.165) is 11.3 Å². The van der Waals surface area contributed by atoms with E-state index >= 15 is 0 Å². The number of benzene rings is 2. The molecule has 0 radical (unpaired) electrons. The van der Waals surface area contributed by atoms with E-state index in [1.165, 1.54) is 6.07 Å². The van der Waals surface area contributed by atoms with Gasteiger partial charge < -0.3 is 10.2 Å². The Bertz CT molecular complexity index is 1030. The molecule has 30 heavy (non-hydrogen) atoms. The number of amides is 1. The molecule has 1 amide bonds. The number of nitrogens with one attached hydrogen (secondary N) is 1. The lowest BCUT2D eigenvalue weighted by molar-refractivity contribution is -0.384. The van der Waals surface area contributed by atoms with Gasteiger partial charge in [0.05, 0.1) is 10.6 Å². The maximum Gasteiger partial charge on any atom is 0.292 e. The van der Waals surface area contributed by atoms with Crippen LogP contribution in [0.15, 0.2) is 67.0 Å². The van der Waals surface area contributed by atoms with Gasteiger partial charge in [0.2, 0.25) is 5.91 Å². The summed E-state index contributed by atoms with van der Waals surface area (Å²) in [7, 11) is 0. The fourth-order valence-electron chi connectivity index (χ4n) is 3.89. The van der Waals surface area contributed by atoms with Gasteiger partial charge in [-0.2, -0.15) is 5.10 Å². The van der Waals surface area contributed by atoms with Crippen molar-refractivity contribution in [1.29, 1.82) is 0 Å². The van der Waals surface area contributed by atoms with Gasteiger partial charge in [-0.1, -0.05) is 30.3 Å². The number of para-hydroxylation sites is 3. The van der Waals surface area contributed by atoms with E-state index in [-0.39, 0.29) is 22.4 Å². The molecule has 1 fully saturated rings. The fraction of sp³-hybridized carbons (Fsp3) is 0.273. The highest BCUT2D eigenvalue weighted by Crippen LogP contribution is 2.31. The Balaban J connectivity index is 1.36. The maximum atomic E-state index is 12.7. The lowest BCUT2D eigenvalue weighted by Gasteiger charge is -2.32. The molecule has 1 aliphatic rings. The average Bonchev–Trinajstić information content (AvgIpc) is 3.32. The van der Waals surface area contributed by atoms with Crippen LogP contribution in [0, 0.1) is 16.0 Å². The van der Waals surface area contributed by atoms with Crippen molar-refractivity contribution in [2.75, 3.05) is 18.0 Å². The molecule has 0 spiro atoms. The number of anilines is 1. The molecule has 3 aromatic rings. The van der Waals surface area contributed by atoms with Gasteiger partial charge in [-0.05, 0) is 36.6 Å². The number of nitro benzene ring substituents is 1. The van der Waals surface area contributed by atoms with Crippen molar-refractivity contribution < 1.29 is 9.72 Å². The maximum absolute atomic E-state index is 12.7. The molecule has 154 valence electrons. The third-order valence-corrected chi connectivity index (χ3v) is 5.48. The first-order valence-electron chi connectivity index (χ1n) is 9.97. The second kappa shape index (κ2) is 8.77. The van der Waals surface area contributed by atoms with Gasteiger partial charge in [0.15, 0.2) is 0 Å². The molecule has 0 unspecified atom stereocenters. The van der Waals surface area contributed by atoms with Gasteiger partial charge in [0, 0.05) is 44.0 Å². The summed E-state index contributed by atoms with van der Waals surface area (Å²) in [5.74, 6) is -0.0756. The lowest BCUT2D eigenvalue weighted by atomic mass is 9.95. The molecule has 4 rings (SSSR count). The molecular weight excluding hydrogens is 382 g/mol. The van der Waals surface area contributed by atoms with Crippen molar-refractivity contribution in [3.05, 3.63) is 82.7 Å². The van der Waals surface area contributed by atoms with E-state index in [1.54, 1.807) is 29.1 Å². The number of nitro groups is 1. The molecule has 1 saturated heterocycles. The van der Waals surface area contributed by atoms with Crippen LogP contribution in [0.3, 0.4) is 0 Å². The minimum atomic E-state index is -0.356. The molecule has 8 heteroatoms. The highest BCUT2D eigenvalue weighted by molar-refractivity contribution is 5.79. The predicted molar refractivity (Wildman–Crippen MR) is 113 cm³/mol. The number of nitrogens with zero attached hydrogens (tertiary/aromatic N) is 4. The molecule has 0 atom stereocenters. The van der Waals surface area contributed by atoms with Gasteiger partial charge in [0.1, 0.15) is 5.69 Å². The first kappa shape index (κ1) is 19.6. The number of piperidine rings is 1. The van der Waals surface area contributed by atoms with Gasteiger partial charge in [-0.15, -0.1) is 0 Å². The summed E-state index contributed by atoms with van der Waals surface area (Å²) in [6, 6.07) is 16.5. The summed E-state index contributed by atoms with van der Waals surface area (Å²) in [6.45, 7) is 1.67. The van der Waals surface area contributed by atoms with Crippen LogP contribution in [0.5, 0.6) is 0 Å². The van der Waals surface area contributed by atoms with Crippen LogP contribution in [-0.2, 0) is 11.3 Å². The molecule has 1 aromatic heterocycles. The number of hydrogen-bond acceptors (Lipinski definition) is 5. The zero-order valence-electron chi connectivity index (χ0n) is 16.5. The number of hydrogen-bond donors (Lipinski definition) is 1. The zero-order valence-corrected chi connectivity index (χ0v) is 16.5. The Labute approximate surface area is 174 Å². The molecule has 1 N–H and O–H groups in total. The van der Waals surface area contributed by atoms with E-state index in [0.29, 0.717) is 38.2 Å². The molecule has 0 saturated carbocycles. The Hall–Kier alpha value is -3.68. The summed E-state index contributed by atoms with van der Waals surface area (Å²) in [6.07, 6.45) is 4.93. The van der Waals surface area contributed by atoms with Crippen molar-refractivity contribution in [2.24, 2.45) is 5.92 Å². The van der Waals surface area contributed by atoms with Crippen LogP contribution >= 0.6 is 0 Å². The highest BCUT2D eigenvalue weighted by atomic mass is 16.6. The first-order chi connectivity index (χ1) is 14.6. The Morgan fingerprint density at radius 1 is 1.07 bits per heavy atom. The minimum Gasteiger partial charge on any atom is -0.366 e. The summed E-state index contributed by atoms with van der Waals surface area (Å²) in [5.41, 5.74) is 2.66. The van der Waals surface area contributed by atoms with Gasteiger partial charge in [-0.25, -0.2) is 4.68 Å². The molecular formula is C22H23N5O3. The van der Waals surface area contributed by atoms with Crippen LogP contribution < -0.4 is 10.2 Å². The van der Waals surface area contributed by atoms with Crippen molar-refractivity contribution >= 4 is 17.3 Å². The Morgan fingerprint density at radius 3 is 2.47 bits per heavy atom. The van der Waals surface area contributed by atoms with Crippen LogP contribution in [0.2, 0.25) is 0 Å².